The van der Waals surface area contributed by atoms with E-state index in [9.17, 15) is 9.59 Å². The first-order chi connectivity index (χ1) is 13.9. The normalized spacial score (nSPS) is 10.4. The van der Waals surface area contributed by atoms with E-state index in [4.69, 9.17) is 32.7 Å². The van der Waals surface area contributed by atoms with E-state index < -0.39 is 5.91 Å². The van der Waals surface area contributed by atoms with Gasteiger partial charge >= 0.3 is 0 Å². The molecule has 0 spiro atoms. The van der Waals surface area contributed by atoms with Crippen molar-refractivity contribution in [3.05, 3.63) is 51.5 Å². The van der Waals surface area contributed by atoms with E-state index in [1.54, 1.807) is 19.2 Å². The smallest absolute Gasteiger partial charge is 0.253 e. The zero-order chi connectivity index (χ0) is 21.4. The van der Waals surface area contributed by atoms with Gasteiger partial charge in [-0.15, -0.1) is 0 Å². The fraction of sp³-hybridized carbons (Fsp3) is 0.333. The van der Waals surface area contributed by atoms with E-state index in [2.05, 4.69) is 10.6 Å². The van der Waals surface area contributed by atoms with Crippen LogP contribution in [0.4, 0.5) is 5.69 Å². The molecule has 0 saturated carbocycles. The molecule has 0 aliphatic heterocycles. The van der Waals surface area contributed by atoms with Crippen molar-refractivity contribution >= 4 is 40.7 Å². The Bertz CT molecular complexity index is 887. The zero-order valence-corrected chi connectivity index (χ0v) is 18.1. The molecule has 0 atom stereocenters. The van der Waals surface area contributed by atoms with E-state index in [1.165, 1.54) is 12.1 Å². The van der Waals surface area contributed by atoms with Crippen LogP contribution in [0, 0.1) is 0 Å². The summed E-state index contributed by atoms with van der Waals surface area (Å²) >= 11 is 12.3. The lowest BCUT2D eigenvalue weighted by atomic mass is 10.1. The molecule has 2 aromatic rings. The van der Waals surface area contributed by atoms with E-state index in [0.717, 1.165) is 5.56 Å². The molecular weight excluding hydrogens is 415 g/mol. The predicted octanol–water partition coefficient (Wildman–Crippen LogP) is 5.07. The Labute approximate surface area is 180 Å². The molecule has 0 aromatic heterocycles. The van der Waals surface area contributed by atoms with Crippen LogP contribution in [0.5, 0.6) is 11.5 Å². The molecular formula is C21H24Cl2N2O4. The maximum atomic E-state index is 12.8. The molecule has 2 N–H and O–H groups in total. The second-order valence-electron chi connectivity index (χ2n) is 6.21. The van der Waals surface area contributed by atoms with E-state index in [0.29, 0.717) is 36.0 Å². The number of anilines is 1. The topological polar surface area (TPSA) is 76.7 Å². The number of ether oxygens (including phenoxy) is 2. The van der Waals surface area contributed by atoms with E-state index in [-0.39, 0.29) is 28.7 Å². The summed E-state index contributed by atoms with van der Waals surface area (Å²) in [5.74, 6) is 0.584. The quantitative estimate of drug-likeness (QED) is 0.572. The molecule has 0 unspecified atom stereocenters. The van der Waals surface area contributed by atoms with Crippen molar-refractivity contribution in [1.82, 2.24) is 5.32 Å². The lowest BCUT2D eigenvalue weighted by molar-refractivity contribution is -0.116. The highest BCUT2D eigenvalue weighted by Crippen LogP contribution is 2.31. The van der Waals surface area contributed by atoms with Crippen LogP contribution in [0.25, 0.3) is 0 Å². The second-order valence-corrected chi connectivity index (χ2v) is 7.05. The van der Waals surface area contributed by atoms with Crippen molar-refractivity contribution in [3.8, 4) is 11.5 Å². The van der Waals surface area contributed by atoms with Crippen molar-refractivity contribution in [2.45, 2.75) is 33.2 Å². The summed E-state index contributed by atoms with van der Waals surface area (Å²) in [6, 6.07) is 8.38. The Kier molecular flexibility index (Phi) is 8.61. The third kappa shape index (κ3) is 6.27. The molecule has 0 aliphatic rings. The third-order valence-corrected chi connectivity index (χ3v) is 4.54. The van der Waals surface area contributed by atoms with E-state index >= 15 is 0 Å². The Balaban J connectivity index is 2.19. The van der Waals surface area contributed by atoms with Gasteiger partial charge in [-0.2, -0.15) is 0 Å². The molecule has 2 aromatic carbocycles. The first kappa shape index (κ1) is 22.8. The number of benzene rings is 2. The number of carbonyl (C=O) groups excluding carboxylic acids is 2. The van der Waals surface area contributed by atoms with Gasteiger partial charge in [0.05, 0.1) is 30.0 Å². The van der Waals surface area contributed by atoms with Crippen molar-refractivity contribution < 1.29 is 19.1 Å². The molecule has 156 valence electrons. The summed E-state index contributed by atoms with van der Waals surface area (Å²) in [6.07, 6.45) is 1.00. The van der Waals surface area contributed by atoms with Gasteiger partial charge in [-0.25, -0.2) is 0 Å². The fourth-order valence-electron chi connectivity index (χ4n) is 2.68. The van der Waals surface area contributed by atoms with Crippen LogP contribution in [0.3, 0.4) is 0 Å². The van der Waals surface area contributed by atoms with Crippen LogP contribution >= 0.6 is 23.2 Å². The van der Waals surface area contributed by atoms with Crippen molar-refractivity contribution in [2.24, 2.45) is 0 Å². The van der Waals surface area contributed by atoms with Crippen LogP contribution in [-0.2, 0) is 11.3 Å². The number of methoxy groups -OCH3 is 1. The summed E-state index contributed by atoms with van der Waals surface area (Å²) in [4.78, 5) is 24.8. The Morgan fingerprint density at radius 2 is 1.83 bits per heavy atom. The van der Waals surface area contributed by atoms with Crippen LogP contribution < -0.4 is 20.1 Å². The predicted molar refractivity (Wildman–Crippen MR) is 115 cm³/mol. The number of halogens is 2. The number of hydrogen-bond acceptors (Lipinski definition) is 4. The molecule has 2 rings (SSSR count). The Morgan fingerprint density at radius 1 is 1.07 bits per heavy atom. The van der Waals surface area contributed by atoms with Gasteiger partial charge in [0.1, 0.15) is 0 Å². The van der Waals surface area contributed by atoms with Gasteiger partial charge < -0.3 is 20.1 Å². The van der Waals surface area contributed by atoms with Crippen molar-refractivity contribution in [1.29, 1.82) is 0 Å². The van der Waals surface area contributed by atoms with Gasteiger partial charge in [0.15, 0.2) is 11.5 Å². The molecule has 0 fully saturated rings. The maximum absolute atomic E-state index is 12.8. The summed E-state index contributed by atoms with van der Waals surface area (Å²) in [5.41, 5.74) is 1.27. The summed E-state index contributed by atoms with van der Waals surface area (Å²) < 4.78 is 10.8. The molecule has 0 bridgehead atoms. The molecule has 0 heterocycles. The van der Waals surface area contributed by atoms with Crippen LogP contribution in [-0.4, -0.2) is 25.5 Å². The average Bonchev–Trinajstić information content (AvgIpc) is 2.69. The highest BCUT2D eigenvalue weighted by molar-refractivity contribution is 6.38. The van der Waals surface area contributed by atoms with Crippen LogP contribution in [0.1, 0.15) is 42.6 Å². The van der Waals surface area contributed by atoms with Gasteiger partial charge in [-0.3, -0.25) is 9.59 Å². The minimum absolute atomic E-state index is 0.199. The fourth-order valence-corrected chi connectivity index (χ4v) is 3.22. The molecule has 2 amide bonds. The van der Waals surface area contributed by atoms with Gasteiger partial charge in [-0.05, 0) is 43.2 Å². The zero-order valence-electron chi connectivity index (χ0n) is 16.6. The average molecular weight is 439 g/mol. The Morgan fingerprint density at radius 3 is 2.48 bits per heavy atom. The molecule has 6 nitrogen and oxygen atoms in total. The number of rotatable bonds is 9. The van der Waals surface area contributed by atoms with Crippen molar-refractivity contribution in [3.63, 3.8) is 0 Å². The molecule has 29 heavy (non-hydrogen) atoms. The number of carbonyl (C=O) groups is 2. The number of nitrogens with one attached hydrogen (secondary N) is 2. The largest absolute Gasteiger partial charge is 0.493 e. The molecule has 0 saturated heterocycles. The van der Waals surface area contributed by atoms with E-state index in [1.807, 2.05) is 19.9 Å². The monoisotopic (exact) mass is 438 g/mol. The van der Waals surface area contributed by atoms with Crippen LogP contribution in [0.15, 0.2) is 30.3 Å². The highest BCUT2D eigenvalue weighted by atomic mass is 35.5. The van der Waals surface area contributed by atoms with Gasteiger partial charge in [0, 0.05) is 18.0 Å². The lowest BCUT2D eigenvalue weighted by Gasteiger charge is -2.15. The second kappa shape index (κ2) is 10.9. The standard InChI is InChI=1S/C21H24Cl2N2O4/c1-4-6-19(26)25-20-15(10-14(22)11-16(20)23)21(27)24-12-13-7-8-17(29-5-2)18(9-13)28-3/h7-11H,4-6,12H2,1-3H3,(H,24,27)(H,25,26). The third-order valence-electron chi connectivity index (χ3n) is 4.02. The molecule has 0 aliphatic carbocycles. The molecule has 8 heteroatoms. The SMILES string of the molecule is CCCC(=O)Nc1c(Cl)cc(Cl)cc1C(=O)NCc1ccc(OCC)c(OC)c1. The summed E-state index contributed by atoms with van der Waals surface area (Å²) in [5, 5.41) is 6.02. The summed E-state index contributed by atoms with van der Waals surface area (Å²) in [7, 11) is 1.56. The Hall–Kier alpha value is -2.44. The first-order valence-corrected chi connectivity index (χ1v) is 10.0. The lowest BCUT2D eigenvalue weighted by Crippen LogP contribution is -2.25. The highest BCUT2D eigenvalue weighted by Gasteiger charge is 2.18. The minimum atomic E-state index is -0.408. The first-order valence-electron chi connectivity index (χ1n) is 9.26. The van der Waals surface area contributed by atoms with Crippen molar-refractivity contribution in [2.75, 3.05) is 19.0 Å². The summed E-state index contributed by atoms with van der Waals surface area (Å²) in [6.45, 7) is 4.55. The maximum Gasteiger partial charge on any atom is 0.253 e. The van der Waals surface area contributed by atoms with Gasteiger partial charge in [0.2, 0.25) is 5.91 Å². The van der Waals surface area contributed by atoms with Gasteiger partial charge in [-0.1, -0.05) is 36.2 Å². The van der Waals surface area contributed by atoms with Crippen LogP contribution in [0.2, 0.25) is 10.0 Å². The minimum Gasteiger partial charge on any atom is -0.493 e. The number of hydrogen-bond donors (Lipinski definition) is 2. The number of amides is 2. The van der Waals surface area contributed by atoms with Gasteiger partial charge in [0.25, 0.3) is 5.91 Å². The molecule has 0 radical (unpaired) electrons.